The first-order valence-corrected chi connectivity index (χ1v) is 6.93. The van der Waals surface area contributed by atoms with E-state index in [-0.39, 0.29) is 11.6 Å². The van der Waals surface area contributed by atoms with Crippen LogP contribution in [0.4, 0.5) is 0 Å². The normalized spacial score (nSPS) is 13.7. The van der Waals surface area contributed by atoms with E-state index in [4.69, 9.17) is 10.5 Å². The van der Waals surface area contributed by atoms with Gasteiger partial charge in [-0.25, -0.2) is 0 Å². The molecule has 0 aliphatic heterocycles. The lowest BCUT2D eigenvalue weighted by atomic mass is 9.85. The number of rotatable bonds is 6. The smallest absolute Gasteiger partial charge is 0.0826 e. The van der Waals surface area contributed by atoms with Crippen LogP contribution in [-0.2, 0) is 11.2 Å². The predicted octanol–water partition coefficient (Wildman–Crippen LogP) is 3.52. The van der Waals surface area contributed by atoms with Crippen molar-refractivity contribution in [3.05, 3.63) is 34.3 Å². The van der Waals surface area contributed by atoms with Crippen LogP contribution < -0.4 is 5.73 Å². The van der Waals surface area contributed by atoms with Crippen molar-refractivity contribution in [1.29, 1.82) is 0 Å². The van der Waals surface area contributed by atoms with Crippen LogP contribution in [0.5, 0.6) is 0 Å². The van der Waals surface area contributed by atoms with Crippen molar-refractivity contribution in [2.75, 3.05) is 7.11 Å². The highest BCUT2D eigenvalue weighted by Crippen LogP contribution is 2.27. The summed E-state index contributed by atoms with van der Waals surface area (Å²) < 4.78 is 6.79. The number of methoxy groups -OCH3 is 1. The molecule has 0 bridgehead atoms. The average Bonchev–Trinajstić information content (AvgIpc) is 2.35. The van der Waals surface area contributed by atoms with E-state index in [1.807, 2.05) is 12.1 Å². The van der Waals surface area contributed by atoms with E-state index < -0.39 is 0 Å². The fourth-order valence-corrected chi connectivity index (χ4v) is 2.75. The van der Waals surface area contributed by atoms with Gasteiger partial charge >= 0.3 is 0 Å². The van der Waals surface area contributed by atoms with E-state index in [9.17, 15) is 0 Å². The lowest BCUT2D eigenvalue weighted by molar-refractivity contribution is -0.0374. The summed E-state index contributed by atoms with van der Waals surface area (Å²) in [5.41, 5.74) is 7.37. The van der Waals surface area contributed by atoms with E-state index in [1.165, 1.54) is 5.56 Å². The van der Waals surface area contributed by atoms with Gasteiger partial charge in [0.2, 0.25) is 0 Å². The van der Waals surface area contributed by atoms with Gasteiger partial charge < -0.3 is 10.5 Å². The van der Waals surface area contributed by atoms with E-state index in [2.05, 4.69) is 41.9 Å². The summed E-state index contributed by atoms with van der Waals surface area (Å²) in [6, 6.07) is 8.23. The van der Waals surface area contributed by atoms with Gasteiger partial charge in [-0.2, -0.15) is 0 Å². The van der Waals surface area contributed by atoms with Crippen LogP contribution >= 0.6 is 15.9 Å². The van der Waals surface area contributed by atoms with E-state index in [0.29, 0.717) is 0 Å². The van der Waals surface area contributed by atoms with Crippen LogP contribution in [0.1, 0.15) is 32.3 Å². The molecule has 0 spiro atoms. The summed E-state index contributed by atoms with van der Waals surface area (Å²) in [5, 5.41) is 0. The zero-order valence-corrected chi connectivity index (χ0v) is 12.5. The van der Waals surface area contributed by atoms with Crippen molar-refractivity contribution in [3.63, 3.8) is 0 Å². The van der Waals surface area contributed by atoms with Gasteiger partial charge in [0.05, 0.1) is 5.60 Å². The SMILES string of the molecule is CCC(CC)(OC)C(N)Cc1ccccc1Br. The molecule has 0 amide bonds. The van der Waals surface area contributed by atoms with Crippen molar-refractivity contribution < 1.29 is 4.74 Å². The van der Waals surface area contributed by atoms with Crippen LogP contribution in [0.3, 0.4) is 0 Å². The van der Waals surface area contributed by atoms with Crippen molar-refractivity contribution >= 4 is 15.9 Å². The Balaban J connectivity index is 2.84. The minimum Gasteiger partial charge on any atom is -0.377 e. The third-order valence-corrected chi connectivity index (χ3v) is 4.45. The molecule has 2 N–H and O–H groups in total. The molecule has 1 unspecified atom stereocenters. The Morgan fingerprint density at radius 2 is 1.88 bits per heavy atom. The fraction of sp³-hybridized carbons (Fsp3) is 0.571. The minimum atomic E-state index is -0.213. The van der Waals surface area contributed by atoms with Gasteiger partial charge in [0.25, 0.3) is 0 Å². The molecule has 0 heterocycles. The molecular formula is C14H22BrNO. The van der Waals surface area contributed by atoms with Crippen molar-refractivity contribution in [2.45, 2.75) is 44.8 Å². The Hall–Kier alpha value is -0.380. The zero-order valence-electron chi connectivity index (χ0n) is 10.9. The number of ether oxygens (including phenoxy) is 1. The van der Waals surface area contributed by atoms with Crippen LogP contribution in [0.25, 0.3) is 0 Å². The highest BCUT2D eigenvalue weighted by atomic mass is 79.9. The molecule has 1 aromatic rings. The first-order valence-electron chi connectivity index (χ1n) is 6.13. The monoisotopic (exact) mass is 299 g/mol. The molecule has 0 aliphatic rings. The Bertz CT molecular complexity index is 342. The Kier molecular flexibility index (Phi) is 5.63. The molecule has 0 saturated carbocycles. The quantitative estimate of drug-likeness (QED) is 0.872. The second-order valence-corrected chi connectivity index (χ2v) is 5.23. The number of halogens is 1. The molecule has 1 rings (SSSR count). The zero-order chi connectivity index (χ0) is 12.9. The third-order valence-electron chi connectivity index (χ3n) is 3.68. The Morgan fingerprint density at radius 3 is 2.35 bits per heavy atom. The van der Waals surface area contributed by atoms with Gasteiger partial charge in [-0.05, 0) is 30.9 Å². The fourth-order valence-electron chi connectivity index (χ4n) is 2.30. The van der Waals surface area contributed by atoms with E-state index in [0.717, 1.165) is 23.7 Å². The molecule has 0 radical (unpaired) electrons. The van der Waals surface area contributed by atoms with Crippen LogP contribution in [0.15, 0.2) is 28.7 Å². The molecule has 17 heavy (non-hydrogen) atoms. The van der Waals surface area contributed by atoms with E-state index >= 15 is 0 Å². The summed E-state index contributed by atoms with van der Waals surface area (Å²) in [5.74, 6) is 0. The van der Waals surface area contributed by atoms with Gasteiger partial charge in [0.15, 0.2) is 0 Å². The summed E-state index contributed by atoms with van der Waals surface area (Å²) in [4.78, 5) is 0. The molecular weight excluding hydrogens is 278 g/mol. The Morgan fingerprint density at radius 1 is 1.29 bits per heavy atom. The molecule has 0 aromatic heterocycles. The van der Waals surface area contributed by atoms with Crippen LogP contribution in [0, 0.1) is 0 Å². The number of hydrogen-bond donors (Lipinski definition) is 1. The minimum absolute atomic E-state index is 0.0150. The van der Waals surface area contributed by atoms with Crippen LogP contribution in [0.2, 0.25) is 0 Å². The molecule has 0 saturated heterocycles. The highest BCUT2D eigenvalue weighted by molar-refractivity contribution is 9.10. The summed E-state index contributed by atoms with van der Waals surface area (Å²) in [6.45, 7) is 4.26. The topological polar surface area (TPSA) is 35.2 Å². The summed E-state index contributed by atoms with van der Waals surface area (Å²) in [7, 11) is 1.76. The van der Waals surface area contributed by atoms with Gasteiger partial charge in [-0.15, -0.1) is 0 Å². The van der Waals surface area contributed by atoms with Gasteiger partial charge in [-0.1, -0.05) is 48.0 Å². The molecule has 0 aliphatic carbocycles. The second-order valence-electron chi connectivity index (χ2n) is 4.38. The Labute approximate surface area is 113 Å². The number of nitrogens with two attached hydrogens (primary N) is 1. The van der Waals surface area contributed by atoms with E-state index in [1.54, 1.807) is 7.11 Å². The summed E-state index contributed by atoms with van der Waals surface area (Å²) >= 11 is 3.56. The average molecular weight is 300 g/mol. The maximum Gasteiger partial charge on any atom is 0.0826 e. The molecule has 1 atom stereocenters. The number of hydrogen-bond acceptors (Lipinski definition) is 2. The standard InChI is InChI=1S/C14H22BrNO/c1-4-14(5-2,17-3)13(16)10-11-8-6-7-9-12(11)15/h6-9,13H,4-5,10,16H2,1-3H3. The molecule has 0 fully saturated rings. The first kappa shape index (κ1) is 14.7. The second kappa shape index (κ2) is 6.53. The maximum absolute atomic E-state index is 6.34. The van der Waals surface area contributed by atoms with Gasteiger partial charge in [0, 0.05) is 17.6 Å². The molecule has 2 nitrogen and oxygen atoms in total. The maximum atomic E-state index is 6.34. The predicted molar refractivity (Wildman–Crippen MR) is 76.1 cm³/mol. The lowest BCUT2D eigenvalue weighted by Gasteiger charge is -2.36. The first-order chi connectivity index (χ1) is 8.09. The third kappa shape index (κ3) is 3.30. The largest absolute Gasteiger partial charge is 0.377 e. The highest BCUT2D eigenvalue weighted by Gasteiger charge is 2.33. The molecule has 96 valence electrons. The van der Waals surface area contributed by atoms with Gasteiger partial charge in [0.1, 0.15) is 0 Å². The van der Waals surface area contributed by atoms with Crippen molar-refractivity contribution in [3.8, 4) is 0 Å². The molecule has 3 heteroatoms. The van der Waals surface area contributed by atoms with Crippen molar-refractivity contribution in [1.82, 2.24) is 0 Å². The summed E-state index contributed by atoms with van der Waals surface area (Å²) in [6.07, 6.45) is 2.70. The van der Waals surface area contributed by atoms with Crippen molar-refractivity contribution in [2.24, 2.45) is 5.73 Å². The number of benzene rings is 1. The molecule has 1 aromatic carbocycles. The van der Waals surface area contributed by atoms with Crippen LogP contribution in [-0.4, -0.2) is 18.8 Å². The van der Waals surface area contributed by atoms with Gasteiger partial charge in [-0.3, -0.25) is 0 Å². The lowest BCUT2D eigenvalue weighted by Crippen LogP contribution is -2.50.